The summed E-state index contributed by atoms with van der Waals surface area (Å²) >= 11 is 1.56. The molecule has 0 saturated carbocycles. The molecule has 1 aromatic heterocycles. The molecule has 1 aliphatic rings. The minimum absolute atomic E-state index is 0.0242. The number of aromatic nitrogens is 1. The first-order valence-corrected chi connectivity index (χ1v) is 6.46. The van der Waals surface area contributed by atoms with Gasteiger partial charge in [-0.05, 0) is 6.42 Å². The highest BCUT2D eigenvalue weighted by Gasteiger charge is 2.26. The van der Waals surface area contributed by atoms with E-state index < -0.39 is 0 Å². The van der Waals surface area contributed by atoms with Crippen LogP contribution in [0.5, 0.6) is 0 Å². The topological polar surface area (TPSA) is 59.2 Å². The molecule has 0 aromatic carbocycles. The maximum atomic E-state index is 12.0. The van der Waals surface area contributed by atoms with Gasteiger partial charge in [-0.1, -0.05) is 13.8 Å². The van der Waals surface area contributed by atoms with E-state index in [9.17, 15) is 4.79 Å². The Balaban J connectivity index is 2.09. The first-order chi connectivity index (χ1) is 7.58. The Bertz CT molecular complexity index is 388. The number of likely N-dealkylation sites (tertiary alicyclic amines) is 1. The van der Waals surface area contributed by atoms with Crippen LogP contribution in [0.4, 0.5) is 0 Å². The number of amides is 1. The number of rotatable bonds is 2. The van der Waals surface area contributed by atoms with Crippen molar-refractivity contribution in [3.8, 4) is 0 Å². The minimum Gasteiger partial charge on any atom is -0.336 e. The predicted octanol–water partition coefficient (Wildman–Crippen LogP) is 1.44. The molecule has 5 heteroatoms. The zero-order valence-corrected chi connectivity index (χ0v) is 10.5. The van der Waals surface area contributed by atoms with Gasteiger partial charge < -0.3 is 10.6 Å². The lowest BCUT2D eigenvalue weighted by molar-refractivity contribution is 0.0785. The van der Waals surface area contributed by atoms with Crippen molar-refractivity contribution in [2.45, 2.75) is 32.2 Å². The fourth-order valence-corrected chi connectivity index (χ4v) is 2.59. The van der Waals surface area contributed by atoms with Gasteiger partial charge in [0.15, 0.2) is 0 Å². The summed E-state index contributed by atoms with van der Waals surface area (Å²) in [5.74, 6) is 0.406. The number of hydrogen-bond acceptors (Lipinski definition) is 4. The lowest BCUT2D eigenvalue weighted by atomic mass is 10.2. The molecular weight excluding hydrogens is 222 g/mol. The van der Waals surface area contributed by atoms with Crippen molar-refractivity contribution in [2.75, 3.05) is 13.1 Å². The van der Waals surface area contributed by atoms with Gasteiger partial charge in [-0.2, -0.15) is 0 Å². The number of carbonyl (C=O) groups excluding carboxylic acids is 1. The van der Waals surface area contributed by atoms with Gasteiger partial charge >= 0.3 is 0 Å². The maximum Gasteiger partial charge on any atom is 0.273 e. The van der Waals surface area contributed by atoms with E-state index in [2.05, 4.69) is 18.8 Å². The third-order valence-corrected chi connectivity index (χ3v) is 3.89. The van der Waals surface area contributed by atoms with E-state index >= 15 is 0 Å². The van der Waals surface area contributed by atoms with E-state index in [1.54, 1.807) is 16.2 Å². The molecule has 1 aliphatic heterocycles. The first-order valence-electron chi connectivity index (χ1n) is 5.58. The highest BCUT2D eigenvalue weighted by atomic mass is 32.1. The molecule has 0 radical (unpaired) electrons. The summed E-state index contributed by atoms with van der Waals surface area (Å²) in [7, 11) is 0. The van der Waals surface area contributed by atoms with Gasteiger partial charge in [-0.15, -0.1) is 11.3 Å². The third kappa shape index (κ3) is 2.25. The van der Waals surface area contributed by atoms with Crippen LogP contribution in [-0.4, -0.2) is 34.9 Å². The molecule has 0 aliphatic carbocycles. The highest BCUT2D eigenvalue weighted by Crippen LogP contribution is 2.21. The van der Waals surface area contributed by atoms with E-state index in [4.69, 9.17) is 5.73 Å². The van der Waals surface area contributed by atoms with Gasteiger partial charge in [0.1, 0.15) is 5.69 Å². The fraction of sp³-hybridized carbons (Fsp3) is 0.636. The molecule has 0 unspecified atom stereocenters. The van der Waals surface area contributed by atoms with Crippen LogP contribution >= 0.6 is 11.3 Å². The summed E-state index contributed by atoms with van der Waals surface area (Å²) in [6.45, 7) is 5.58. The van der Waals surface area contributed by atoms with Gasteiger partial charge in [0.2, 0.25) is 0 Å². The maximum absolute atomic E-state index is 12.0. The van der Waals surface area contributed by atoms with Crippen molar-refractivity contribution in [3.63, 3.8) is 0 Å². The summed E-state index contributed by atoms with van der Waals surface area (Å²) in [6, 6.07) is 0.132. The van der Waals surface area contributed by atoms with Crippen LogP contribution in [0.2, 0.25) is 0 Å². The fourth-order valence-electron chi connectivity index (χ4n) is 1.78. The molecule has 1 saturated heterocycles. The van der Waals surface area contributed by atoms with Gasteiger partial charge in [0.25, 0.3) is 5.91 Å². The number of nitrogens with zero attached hydrogens (tertiary/aromatic N) is 2. The normalized spacial score (nSPS) is 20.8. The van der Waals surface area contributed by atoms with Gasteiger partial charge in [-0.3, -0.25) is 4.79 Å². The van der Waals surface area contributed by atoms with E-state index in [1.807, 2.05) is 5.38 Å². The zero-order valence-electron chi connectivity index (χ0n) is 9.64. The summed E-state index contributed by atoms with van der Waals surface area (Å²) in [4.78, 5) is 18.2. The molecule has 1 aromatic rings. The predicted molar refractivity (Wildman–Crippen MR) is 64.7 cm³/mol. The van der Waals surface area contributed by atoms with Crippen LogP contribution in [0.15, 0.2) is 5.38 Å². The Morgan fingerprint density at radius 3 is 2.94 bits per heavy atom. The first kappa shape index (κ1) is 11.5. The molecule has 88 valence electrons. The van der Waals surface area contributed by atoms with Crippen molar-refractivity contribution >= 4 is 17.2 Å². The summed E-state index contributed by atoms with van der Waals surface area (Å²) in [5, 5.41) is 2.87. The molecule has 4 nitrogen and oxygen atoms in total. The highest BCUT2D eigenvalue weighted by molar-refractivity contribution is 7.09. The molecular formula is C11H17N3OS. The number of carbonyl (C=O) groups is 1. The summed E-state index contributed by atoms with van der Waals surface area (Å²) in [5.41, 5.74) is 6.35. The molecule has 0 bridgehead atoms. The van der Waals surface area contributed by atoms with Crippen molar-refractivity contribution in [2.24, 2.45) is 5.73 Å². The smallest absolute Gasteiger partial charge is 0.273 e. The summed E-state index contributed by atoms with van der Waals surface area (Å²) in [6.07, 6.45) is 0.896. The molecule has 2 heterocycles. The minimum atomic E-state index is 0.0242. The van der Waals surface area contributed by atoms with Gasteiger partial charge in [-0.25, -0.2) is 4.98 Å². The molecule has 2 rings (SSSR count). The lowest BCUT2D eigenvalue weighted by Crippen LogP contribution is -2.32. The average molecular weight is 239 g/mol. The number of thiazole rings is 1. The van der Waals surface area contributed by atoms with E-state index in [-0.39, 0.29) is 11.9 Å². The molecule has 2 N–H and O–H groups in total. The molecule has 0 spiro atoms. The Labute approximate surface area is 99.5 Å². The van der Waals surface area contributed by atoms with Crippen LogP contribution in [0.3, 0.4) is 0 Å². The SMILES string of the molecule is CC(C)c1nc(C(=O)N2CC[C@@H](N)C2)cs1. The van der Waals surface area contributed by atoms with Crippen LogP contribution in [-0.2, 0) is 0 Å². The lowest BCUT2D eigenvalue weighted by Gasteiger charge is -2.13. The zero-order chi connectivity index (χ0) is 11.7. The second kappa shape index (κ2) is 4.51. The van der Waals surface area contributed by atoms with E-state index in [0.717, 1.165) is 18.0 Å². The van der Waals surface area contributed by atoms with Gasteiger partial charge in [0, 0.05) is 30.4 Å². The van der Waals surface area contributed by atoms with Crippen molar-refractivity contribution in [3.05, 3.63) is 16.1 Å². The Kier molecular flexibility index (Phi) is 3.25. The molecule has 1 amide bonds. The van der Waals surface area contributed by atoms with Crippen molar-refractivity contribution < 1.29 is 4.79 Å². The Hall–Kier alpha value is -0.940. The third-order valence-electron chi connectivity index (χ3n) is 2.75. The number of nitrogens with two attached hydrogens (primary N) is 1. The largest absolute Gasteiger partial charge is 0.336 e. The Morgan fingerprint density at radius 1 is 1.69 bits per heavy atom. The van der Waals surface area contributed by atoms with Crippen molar-refractivity contribution in [1.82, 2.24) is 9.88 Å². The quantitative estimate of drug-likeness (QED) is 0.849. The number of hydrogen-bond donors (Lipinski definition) is 1. The Morgan fingerprint density at radius 2 is 2.44 bits per heavy atom. The standard InChI is InChI=1S/C11H17N3OS/c1-7(2)10-13-9(6-16-10)11(15)14-4-3-8(12)5-14/h6-8H,3-5,12H2,1-2H3/t8-/m1/s1. The van der Waals surface area contributed by atoms with E-state index in [0.29, 0.717) is 18.2 Å². The van der Waals surface area contributed by atoms with Crippen molar-refractivity contribution in [1.29, 1.82) is 0 Å². The average Bonchev–Trinajstić information content (AvgIpc) is 2.84. The molecule has 1 fully saturated rings. The second-order valence-corrected chi connectivity index (χ2v) is 5.42. The monoisotopic (exact) mass is 239 g/mol. The van der Waals surface area contributed by atoms with E-state index in [1.165, 1.54) is 0 Å². The van der Waals surface area contributed by atoms with Crippen LogP contribution in [0.1, 0.15) is 41.7 Å². The molecule has 16 heavy (non-hydrogen) atoms. The summed E-state index contributed by atoms with van der Waals surface area (Å²) < 4.78 is 0. The molecule has 1 atom stereocenters. The van der Waals surface area contributed by atoms with Crippen LogP contribution < -0.4 is 5.73 Å². The van der Waals surface area contributed by atoms with Crippen LogP contribution in [0, 0.1) is 0 Å². The second-order valence-electron chi connectivity index (χ2n) is 4.53. The van der Waals surface area contributed by atoms with Crippen LogP contribution in [0.25, 0.3) is 0 Å². The van der Waals surface area contributed by atoms with Gasteiger partial charge in [0.05, 0.1) is 5.01 Å².